The van der Waals surface area contributed by atoms with Crippen molar-refractivity contribution in [3.05, 3.63) is 64.1 Å². The molecule has 0 unspecified atom stereocenters. The topological polar surface area (TPSA) is 60.7 Å². The molecule has 124 valence electrons. The van der Waals surface area contributed by atoms with Crippen LogP contribution in [0.25, 0.3) is 11.1 Å². The monoisotopic (exact) mass is 325 g/mol. The average Bonchev–Trinajstić information content (AvgIpc) is 2.59. The van der Waals surface area contributed by atoms with Gasteiger partial charge in [-0.25, -0.2) is 0 Å². The van der Waals surface area contributed by atoms with E-state index in [1.54, 1.807) is 14.2 Å². The number of aromatic hydroxyl groups is 1. The molecule has 0 atom stereocenters. The van der Waals surface area contributed by atoms with Crippen LogP contribution in [0.4, 0.5) is 0 Å². The molecule has 2 aliphatic rings. The van der Waals surface area contributed by atoms with Crippen molar-refractivity contribution in [3.63, 3.8) is 0 Å². The largest absolute Gasteiger partial charge is 0.504 e. The molecule has 3 rings (SSSR count). The number of fused-ring (bicyclic) bond motifs is 1. The van der Waals surface area contributed by atoms with E-state index in [0.717, 1.165) is 22.4 Å². The Labute approximate surface area is 140 Å². The number of hydrogen-bond acceptors (Lipinski definition) is 4. The Morgan fingerprint density at radius 3 is 2.50 bits per heavy atom. The summed E-state index contributed by atoms with van der Waals surface area (Å²) in [5, 5.41) is 9.79. The Morgan fingerprint density at radius 2 is 1.79 bits per heavy atom. The zero-order chi connectivity index (χ0) is 17.3. The number of methoxy groups -OCH3 is 2. The fourth-order valence-corrected chi connectivity index (χ4v) is 2.85. The molecule has 24 heavy (non-hydrogen) atoms. The minimum atomic E-state index is -0.367. The second kappa shape index (κ2) is 6.28. The van der Waals surface area contributed by atoms with Crippen molar-refractivity contribution in [1.29, 1.82) is 0 Å². The lowest BCUT2D eigenvalue weighted by molar-refractivity contribution is 0.354. The number of pyridine rings is 1. The van der Waals surface area contributed by atoms with Gasteiger partial charge in [0.05, 0.1) is 14.2 Å². The quantitative estimate of drug-likeness (QED) is 0.801. The van der Waals surface area contributed by atoms with Gasteiger partial charge in [0.25, 0.3) is 0 Å². The zero-order valence-corrected chi connectivity index (χ0v) is 13.9. The van der Waals surface area contributed by atoms with Crippen molar-refractivity contribution in [2.24, 2.45) is 7.05 Å². The number of benzene rings is 2. The summed E-state index contributed by atoms with van der Waals surface area (Å²) in [5.41, 5.74) is 3.34. The molecule has 0 radical (unpaired) electrons. The predicted molar refractivity (Wildman–Crippen MR) is 92.3 cm³/mol. The Bertz CT molecular complexity index is 914. The van der Waals surface area contributed by atoms with E-state index in [0.29, 0.717) is 17.9 Å². The molecule has 0 saturated carbocycles. The van der Waals surface area contributed by atoms with Crippen molar-refractivity contribution in [3.8, 4) is 28.4 Å². The number of aryl methyl sites for hydroxylation is 1. The number of rotatable bonds is 4. The maximum absolute atomic E-state index is 11.7. The summed E-state index contributed by atoms with van der Waals surface area (Å²) in [4.78, 5) is 11.7. The first-order valence-corrected chi connectivity index (χ1v) is 7.55. The summed E-state index contributed by atoms with van der Waals surface area (Å²) < 4.78 is 12.6. The Balaban J connectivity index is 2.09. The molecule has 1 aromatic carbocycles. The first-order chi connectivity index (χ1) is 11.5. The van der Waals surface area contributed by atoms with Gasteiger partial charge in [-0.1, -0.05) is 6.07 Å². The van der Waals surface area contributed by atoms with E-state index >= 15 is 0 Å². The van der Waals surface area contributed by atoms with Crippen molar-refractivity contribution in [2.75, 3.05) is 14.2 Å². The van der Waals surface area contributed by atoms with Crippen LogP contribution in [0.1, 0.15) is 11.3 Å². The van der Waals surface area contributed by atoms with Gasteiger partial charge in [0.2, 0.25) is 5.43 Å². The van der Waals surface area contributed by atoms with E-state index in [4.69, 9.17) is 9.47 Å². The second-order valence-corrected chi connectivity index (χ2v) is 5.65. The van der Waals surface area contributed by atoms with Crippen LogP contribution in [0.15, 0.2) is 47.4 Å². The lowest BCUT2D eigenvalue weighted by Crippen LogP contribution is -2.08. The average molecular weight is 325 g/mol. The molecule has 0 aromatic heterocycles. The maximum Gasteiger partial charge on any atom is 0.220 e. The van der Waals surface area contributed by atoms with Crippen molar-refractivity contribution < 1.29 is 14.6 Å². The Morgan fingerprint density at radius 1 is 1.04 bits per heavy atom. The van der Waals surface area contributed by atoms with Gasteiger partial charge < -0.3 is 19.1 Å². The Hall–Kier alpha value is -2.95. The fourth-order valence-electron chi connectivity index (χ4n) is 2.85. The fraction of sp³-hybridized carbons (Fsp3) is 0.211. The van der Waals surface area contributed by atoms with Gasteiger partial charge in [0, 0.05) is 30.9 Å². The molecule has 1 aliphatic carbocycles. The summed E-state index contributed by atoms with van der Waals surface area (Å²) in [6.45, 7) is 0. The van der Waals surface area contributed by atoms with E-state index in [1.165, 1.54) is 12.1 Å². The van der Waals surface area contributed by atoms with E-state index in [1.807, 2.05) is 42.1 Å². The summed E-state index contributed by atoms with van der Waals surface area (Å²) in [5.74, 6) is 1.11. The minimum absolute atomic E-state index is 0.234. The second-order valence-electron chi connectivity index (χ2n) is 5.65. The van der Waals surface area contributed by atoms with E-state index in [-0.39, 0.29) is 11.2 Å². The van der Waals surface area contributed by atoms with Crippen LogP contribution in [0.3, 0.4) is 0 Å². The third-order valence-corrected chi connectivity index (χ3v) is 4.16. The first-order valence-electron chi connectivity index (χ1n) is 7.55. The van der Waals surface area contributed by atoms with Crippen molar-refractivity contribution >= 4 is 0 Å². The molecule has 5 heteroatoms. The molecule has 0 saturated heterocycles. The van der Waals surface area contributed by atoms with Gasteiger partial charge in [-0.15, -0.1) is 0 Å². The molecule has 5 nitrogen and oxygen atoms in total. The van der Waals surface area contributed by atoms with Gasteiger partial charge in [-0.2, -0.15) is 0 Å². The van der Waals surface area contributed by atoms with Gasteiger partial charge in [0.1, 0.15) is 0 Å². The molecule has 1 N–H and O–H groups in total. The highest BCUT2D eigenvalue weighted by Crippen LogP contribution is 2.31. The van der Waals surface area contributed by atoms with Gasteiger partial charge >= 0.3 is 0 Å². The van der Waals surface area contributed by atoms with Crippen LogP contribution in [0.2, 0.25) is 0 Å². The molecule has 0 spiro atoms. The number of ether oxygens (including phenoxy) is 2. The van der Waals surface area contributed by atoms with Crippen molar-refractivity contribution in [2.45, 2.75) is 6.42 Å². The Kier molecular flexibility index (Phi) is 4.16. The summed E-state index contributed by atoms with van der Waals surface area (Å²) in [6, 6.07) is 10.6. The molecule has 0 bridgehead atoms. The van der Waals surface area contributed by atoms with Crippen LogP contribution in [0.5, 0.6) is 17.2 Å². The SMILES string of the molecule is COc1ccc(Cc2c3cc(O)c(=O)cc-3ccn2C)cc1OC. The molecule has 1 heterocycles. The standard InChI is InChI=1S/C19H19NO4/c1-20-7-6-13-10-16(21)17(22)11-14(13)15(20)8-12-4-5-18(23-2)19(9-12)24-3/h4-7,9-11,22H,8H2,1-3H3. The molecular weight excluding hydrogens is 306 g/mol. The smallest absolute Gasteiger partial charge is 0.220 e. The van der Waals surface area contributed by atoms with Crippen LogP contribution >= 0.6 is 0 Å². The summed E-state index contributed by atoms with van der Waals surface area (Å²) in [7, 11) is 5.15. The third-order valence-electron chi connectivity index (χ3n) is 4.16. The molecular formula is C19H19NO4. The van der Waals surface area contributed by atoms with Crippen LogP contribution in [-0.4, -0.2) is 23.9 Å². The molecule has 1 aliphatic heterocycles. The number of nitrogens with zero attached hydrogens (tertiary/aromatic N) is 1. The predicted octanol–water partition coefficient (Wildman–Crippen LogP) is 2.80. The number of aromatic nitrogens is 1. The lowest BCUT2D eigenvalue weighted by Gasteiger charge is -2.17. The third kappa shape index (κ3) is 2.80. The first kappa shape index (κ1) is 15.9. The normalized spacial score (nSPS) is 10.8. The number of phenols is 1. The maximum atomic E-state index is 11.7. The van der Waals surface area contributed by atoms with Gasteiger partial charge in [-0.05, 0) is 41.5 Å². The van der Waals surface area contributed by atoms with Crippen LogP contribution in [0, 0.1) is 0 Å². The molecule has 1 aromatic rings. The number of phenolic OH excluding ortho intramolecular Hbond substituents is 1. The molecule has 0 fully saturated rings. The zero-order valence-electron chi connectivity index (χ0n) is 13.9. The lowest BCUT2D eigenvalue weighted by atomic mass is 9.97. The molecule has 0 amide bonds. The van der Waals surface area contributed by atoms with Crippen molar-refractivity contribution in [1.82, 2.24) is 4.57 Å². The van der Waals surface area contributed by atoms with E-state index in [9.17, 15) is 9.90 Å². The van der Waals surface area contributed by atoms with Gasteiger partial charge in [0.15, 0.2) is 17.2 Å². The highest BCUT2D eigenvalue weighted by atomic mass is 16.5. The van der Waals surface area contributed by atoms with Gasteiger partial charge in [-0.3, -0.25) is 4.79 Å². The highest BCUT2D eigenvalue weighted by molar-refractivity contribution is 5.69. The van der Waals surface area contributed by atoms with E-state index < -0.39 is 0 Å². The highest BCUT2D eigenvalue weighted by Gasteiger charge is 2.14. The summed E-state index contributed by atoms with van der Waals surface area (Å²) in [6.07, 6.45) is 2.54. The van der Waals surface area contributed by atoms with Crippen LogP contribution in [-0.2, 0) is 13.5 Å². The number of hydrogen-bond donors (Lipinski definition) is 1. The van der Waals surface area contributed by atoms with Crippen LogP contribution < -0.4 is 14.9 Å². The minimum Gasteiger partial charge on any atom is -0.504 e. The summed E-state index contributed by atoms with van der Waals surface area (Å²) >= 11 is 0. The van der Waals surface area contributed by atoms with E-state index in [2.05, 4.69) is 0 Å².